The molecule has 33 heavy (non-hydrogen) atoms. The normalized spacial score (nSPS) is 15.4. The zero-order valence-electron chi connectivity index (χ0n) is 18.4. The number of halogens is 1. The molecule has 1 atom stereocenters. The standard InChI is InChI=1S/C26H25ClN4O2/c1-32-23-10-6-5-9-22(23)30-15-17-31(18-16-30)24(19-7-3-2-4-8-19)26-29-28-25(33-26)20-11-13-21(27)14-12-20/h2-14,24H,15-18H2,1H3/t24-/m0/s1. The maximum Gasteiger partial charge on any atom is 0.247 e. The summed E-state index contributed by atoms with van der Waals surface area (Å²) >= 11 is 6.03. The van der Waals surface area contributed by atoms with Crippen LogP contribution in [0.25, 0.3) is 11.5 Å². The second-order valence-corrected chi connectivity index (χ2v) is 8.40. The van der Waals surface area contributed by atoms with E-state index in [0.717, 1.165) is 48.7 Å². The van der Waals surface area contributed by atoms with Crippen LogP contribution in [0.5, 0.6) is 5.75 Å². The van der Waals surface area contributed by atoms with Gasteiger partial charge in [-0.15, -0.1) is 10.2 Å². The van der Waals surface area contributed by atoms with Crippen molar-refractivity contribution in [3.05, 3.63) is 95.3 Å². The topological polar surface area (TPSA) is 54.6 Å². The van der Waals surface area contributed by atoms with Crippen LogP contribution >= 0.6 is 11.6 Å². The van der Waals surface area contributed by atoms with Crippen LogP contribution < -0.4 is 9.64 Å². The van der Waals surface area contributed by atoms with Crippen LogP contribution in [-0.4, -0.2) is 48.4 Å². The van der Waals surface area contributed by atoms with E-state index in [2.05, 4.69) is 38.2 Å². The minimum Gasteiger partial charge on any atom is -0.495 e. The van der Waals surface area contributed by atoms with Crippen LogP contribution in [0, 0.1) is 0 Å². The average molecular weight is 461 g/mol. The number of anilines is 1. The highest BCUT2D eigenvalue weighted by Crippen LogP contribution is 2.33. The average Bonchev–Trinajstić information content (AvgIpc) is 3.35. The summed E-state index contributed by atoms with van der Waals surface area (Å²) in [6.45, 7) is 3.47. The summed E-state index contributed by atoms with van der Waals surface area (Å²) in [5, 5.41) is 9.45. The van der Waals surface area contributed by atoms with Gasteiger partial charge in [-0.3, -0.25) is 4.90 Å². The number of rotatable bonds is 6. The number of benzene rings is 3. The van der Waals surface area contributed by atoms with Gasteiger partial charge in [-0.05, 0) is 42.0 Å². The zero-order valence-corrected chi connectivity index (χ0v) is 19.2. The fourth-order valence-electron chi connectivity index (χ4n) is 4.31. The summed E-state index contributed by atoms with van der Waals surface area (Å²) in [4.78, 5) is 4.77. The van der Waals surface area contributed by atoms with E-state index in [-0.39, 0.29) is 6.04 Å². The van der Waals surface area contributed by atoms with Crippen LogP contribution in [0.3, 0.4) is 0 Å². The van der Waals surface area contributed by atoms with Gasteiger partial charge in [0.15, 0.2) is 0 Å². The third-order valence-electron chi connectivity index (χ3n) is 5.99. The van der Waals surface area contributed by atoms with Gasteiger partial charge in [0.05, 0.1) is 12.8 Å². The molecule has 168 valence electrons. The molecular formula is C26H25ClN4O2. The Morgan fingerprint density at radius 3 is 2.27 bits per heavy atom. The summed E-state index contributed by atoms with van der Waals surface area (Å²) in [5.41, 5.74) is 3.11. The third-order valence-corrected chi connectivity index (χ3v) is 6.24. The molecule has 0 amide bonds. The lowest BCUT2D eigenvalue weighted by molar-refractivity contribution is 0.187. The Bertz CT molecular complexity index is 1190. The van der Waals surface area contributed by atoms with E-state index in [9.17, 15) is 0 Å². The van der Waals surface area contributed by atoms with E-state index in [0.29, 0.717) is 16.8 Å². The van der Waals surface area contributed by atoms with Crippen molar-refractivity contribution in [2.24, 2.45) is 0 Å². The first-order chi connectivity index (χ1) is 16.2. The molecule has 0 saturated carbocycles. The van der Waals surface area contributed by atoms with Crippen molar-refractivity contribution < 1.29 is 9.15 Å². The van der Waals surface area contributed by atoms with E-state index in [4.69, 9.17) is 20.8 Å². The van der Waals surface area contributed by atoms with E-state index >= 15 is 0 Å². The number of piperazine rings is 1. The quantitative estimate of drug-likeness (QED) is 0.388. The first-order valence-corrected chi connectivity index (χ1v) is 11.4. The van der Waals surface area contributed by atoms with Crippen molar-refractivity contribution in [3.8, 4) is 17.2 Å². The Morgan fingerprint density at radius 2 is 1.55 bits per heavy atom. The van der Waals surface area contributed by atoms with Gasteiger partial charge in [-0.25, -0.2) is 0 Å². The number of methoxy groups -OCH3 is 1. The second kappa shape index (κ2) is 9.65. The molecule has 3 aromatic carbocycles. The van der Waals surface area contributed by atoms with Gasteiger partial charge in [0.1, 0.15) is 11.8 Å². The Hall–Kier alpha value is -3.35. The van der Waals surface area contributed by atoms with Gasteiger partial charge in [-0.1, -0.05) is 54.1 Å². The molecule has 1 aliphatic rings. The van der Waals surface area contributed by atoms with Crippen molar-refractivity contribution in [1.82, 2.24) is 15.1 Å². The molecule has 1 aromatic heterocycles. The minimum absolute atomic E-state index is 0.112. The van der Waals surface area contributed by atoms with Crippen LogP contribution in [0.1, 0.15) is 17.5 Å². The molecular weight excluding hydrogens is 436 g/mol. The molecule has 5 rings (SSSR count). The summed E-state index contributed by atoms with van der Waals surface area (Å²) in [5.74, 6) is 1.99. The fourth-order valence-corrected chi connectivity index (χ4v) is 4.44. The number of nitrogens with zero attached hydrogens (tertiary/aromatic N) is 4. The predicted molar refractivity (Wildman–Crippen MR) is 130 cm³/mol. The summed E-state index contributed by atoms with van der Waals surface area (Å²) in [7, 11) is 1.72. The molecule has 1 aliphatic heterocycles. The fraction of sp³-hybridized carbons (Fsp3) is 0.231. The molecule has 0 N–H and O–H groups in total. The number of hydrogen-bond donors (Lipinski definition) is 0. The molecule has 0 unspecified atom stereocenters. The third kappa shape index (κ3) is 4.58. The molecule has 0 radical (unpaired) electrons. The van der Waals surface area contributed by atoms with Crippen LogP contribution in [-0.2, 0) is 0 Å². The first kappa shape index (κ1) is 21.5. The highest BCUT2D eigenvalue weighted by Gasteiger charge is 2.31. The predicted octanol–water partition coefficient (Wildman–Crippen LogP) is 5.31. The lowest BCUT2D eigenvalue weighted by Gasteiger charge is -2.39. The van der Waals surface area contributed by atoms with Crippen molar-refractivity contribution >= 4 is 17.3 Å². The molecule has 0 bridgehead atoms. The summed E-state index contributed by atoms with van der Waals surface area (Å²) < 4.78 is 11.8. The SMILES string of the molecule is COc1ccccc1N1CCN([C@@H](c2ccccc2)c2nnc(-c3ccc(Cl)cc3)o2)CC1. The van der Waals surface area contributed by atoms with Gasteiger partial charge in [0.25, 0.3) is 0 Å². The van der Waals surface area contributed by atoms with E-state index in [1.54, 1.807) is 7.11 Å². The van der Waals surface area contributed by atoms with Crippen LogP contribution in [0.2, 0.25) is 5.02 Å². The lowest BCUT2D eigenvalue weighted by Crippen LogP contribution is -2.48. The van der Waals surface area contributed by atoms with Gasteiger partial charge in [-0.2, -0.15) is 0 Å². The van der Waals surface area contributed by atoms with Gasteiger partial charge >= 0.3 is 0 Å². The molecule has 2 heterocycles. The molecule has 7 heteroatoms. The minimum atomic E-state index is -0.112. The summed E-state index contributed by atoms with van der Waals surface area (Å²) in [6, 6.07) is 25.8. The summed E-state index contributed by atoms with van der Waals surface area (Å²) in [6.07, 6.45) is 0. The maximum atomic E-state index is 6.19. The van der Waals surface area contributed by atoms with E-state index < -0.39 is 0 Å². The molecule has 4 aromatic rings. The molecule has 6 nitrogen and oxygen atoms in total. The Balaban J connectivity index is 1.40. The smallest absolute Gasteiger partial charge is 0.247 e. The van der Waals surface area contributed by atoms with Crippen LogP contribution in [0.15, 0.2) is 83.3 Å². The van der Waals surface area contributed by atoms with Gasteiger partial charge in [0, 0.05) is 36.8 Å². The van der Waals surface area contributed by atoms with E-state index in [1.165, 1.54) is 0 Å². The monoisotopic (exact) mass is 460 g/mol. The van der Waals surface area contributed by atoms with Crippen LogP contribution in [0.4, 0.5) is 5.69 Å². The van der Waals surface area contributed by atoms with Crippen molar-refractivity contribution in [1.29, 1.82) is 0 Å². The maximum absolute atomic E-state index is 6.19. The highest BCUT2D eigenvalue weighted by molar-refractivity contribution is 6.30. The first-order valence-electron chi connectivity index (χ1n) is 11.0. The Morgan fingerprint density at radius 1 is 0.848 bits per heavy atom. The van der Waals surface area contributed by atoms with Crippen molar-refractivity contribution in [2.45, 2.75) is 6.04 Å². The number of para-hydroxylation sites is 2. The molecule has 1 saturated heterocycles. The van der Waals surface area contributed by atoms with Gasteiger partial charge < -0.3 is 14.1 Å². The molecule has 0 aliphatic carbocycles. The number of ether oxygens (including phenoxy) is 1. The lowest BCUT2D eigenvalue weighted by atomic mass is 10.0. The molecule has 0 spiro atoms. The number of hydrogen-bond acceptors (Lipinski definition) is 6. The van der Waals surface area contributed by atoms with Crippen molar-refractivity contribution in [3.63, 3.8) is 0 Å². The Labute approximate surface area is 198 Å². The molecule has 1 fully saturated rings. The zero-order chi connectivity index (χ0) is 22.6. The number of aromatic nitrogens is 2. The van der Waals surface area contributed by atoms with Crippen molar-refractivity contribution in [2.75, 3.05) is 38.2 Å². The second-order valence-electron chi connectivity index (χ2n) is 7.96. The van der Waals surface area contributed by atoms with E-state index in [1.807, 2.05) is 60.7 Å². The highest BCUT2D eigenvalue weighted by atomic mass is 35.5. The Kier molecular flexibility index (Phi) is 6.28. The largest absolute Gasteiger partial charge is 0.495 e. The van der Waals surface area contributed by atoms with Gasteiger partial charge in [0.2, 0.25) is 11.8 Å².